The lowest BCUT2D eigenvalue weighted by Gasteiger charge is -2.23. The van der Waals surface area contributed by atoms with Gasteiger partial charge in [-0.25, -0.2) is 0 Å². The van der Waals surface area contributed by atoms with E-state index in [1.54, 1.807) is 0 Å². The molecule has 0 radical (unpaired) electrons. The lowest BCUT2D eigenvalue weighted by Crippen LogP contribution is -2.24. The van der Waals surface area contributed by atoms with E-state index in [9.17, 15) is 0 Å². The lowest BCUT2D eigenvalue weighted by molar-refractivity contribution is 0.0715. The first-order valence-electron chi connectivity index (χ1n) is 3.24. The van der Waals surface area contributed by atoms with E-state index in [0.29, 0.717) is 6.42 Å². The average molecular weight is 128 g/mol. The normalized spacial score (nSPS) is 36.9. The molecule has 0 unspecified atom stereocenters. The number of rotatable bonds is 0. The van der Waals surface area contributed by atoms with Crippen LogP contribution < -0.4 is 0 Å². The van der Waals surface area contributed by atoms with Crippen LogP contribution in [0.4, 0.5) is 0 Å². The van der Waals surface area contributed by atoms with Crippen molar-refractivity contribution in [2.24, 2.45) is 0 Å². The Bertz CT molecular complexity index is 120. The van der Waals surface area contributed by atoms with E-state index in [1.807, 2.05) is 0 Å². The van der Waals surface area contributed by atoms with Crippen LogP contribution >= 0.6 is 0 Å². The van der Waals surface area contributed by atoms with Crippen molar-refractivity contribution in [3.63, 3.8) is 0 Å². The van der Waals surface area contributed by atoms with Gasteiger partial charge in [0.05, 0.1) is 12.2 Å². The average Bonchev–Trinajstić information content (AvgIpc) is 1.80. The van der Waals surface area contributed by atoms with E-state index < -0.39 is 6.10 Å². The molecule has 2 nitrogen and oxygen atoms in total. The molecular weight excluding hydrogens is 116 g/mol. The van der Waals surface area contributed by atoms with Crippen LogP contribution in [-0.4, -0.2) is 22.4 Å². The van der Waals surface area contributed by atoms with Gasteiger partial charge in [-0.3, -0.25) is 0 Å². The number of aliphatic hydroxyl groups is 2. The molecule has 2 N–H and O–H groups in total. The van der Waals surface area contributed by atoms with Gasteiger partial charge < -0.3 is 10.2 Å². The maximum absolute atomic E-state index is 9.09. The molecule has 2 atom stereocenters. The minimum Gasteiger partial charge on any atom is -0.393 e. The van der Waals surface area contributed by atoms with Gasteiger partial charge in [0.25, 0.3) is 0 Å². The molecule has 1 saturated carbocycles. The molecule has 0 amide bonds. The van der Waals surface area contributed by atoms with Crippen LogP contribution in [0.2, 0.25) is 0 Å². The molecule has 0 saturated heterocycles. The van der Waals surface area contributed by atoms with E-state index in [2.05, 4.69) is 6.58 Å². The Balaban J connectivity index is 2.44. The molecule has 0 aromatic heterocycles. The van der Waals surface area contributed by atoms with Gasteiger partial charge in [-0.2, -0.15) is 0 Å². The van der Waals surface area contributed by atoms with Gasteiger partial charge in [-0.05, 0) is 18.4 Å². The third-order valence-corrected chi connectivity index (χ3v) is 1.77. The lowest BCUT2D eigenvalue weighted by atomic mass is 9.91. The van der Waals surface area contributed by atoms with Gasteiger partial charge in [0.2, 0.25) is 0 Å². The smallest absolute Gasteiger partial charge is 0.0772 e. The van der Waals surface area contributed by atoms with Crippen LogP contribution in [0, 0.1) is 0 Å². The zero-order valence-corrected chi connectivity index (χ0v) is 5.38. The molecule has 52 valence electrons. The minimum atomic E-state index is -0.464. The molecule has 0 bridgehead atoms. The molecule has 2 heteroatoms. The highest BCUT2D eigenvalue weighted by molar-refractivity contribution is 5.05. The van der Waals surface area contributed by atoms with Crippen LogP contribution in [0.3, 0.4) is 0 Å². The van der Waals surface area contributed by atoms with Crippen LogP contribution in [0.1, 0.15) is 19.3 Å². The zero-order chi connectivity index (χ0) is 6.85. The van der Waals surface area contributed by atoms with Crippen LogP contribution in [0.15, 0.2) is 12.2 Å². The molecular formula is C7H12O2. The summed E-state index contributed by atoms with van der Waals surface area (Å²) in [6.45, 7) is 3.67. The summed E-state index contributed by atoms with van der Waals surface area (Å²) >= 11 is 0. The summed E-state index contributed by atoms with van der Waals surface area (Å²) in [5, 5.41) is 18.1. The number of hydrogen-bond donors (Lipinski definition) is 2. The monoisotopic (exact) mass is 128 g/mol. The van der Waals surface area contributed by atoms with Gasteiger partial charge >= 0.3 is 0 Å². The molecule has 9 heavy (non-hydrogen) atoms. The predicted molar refractivity (Wildman–Crippen MR) is 35.0 cm³/mol. The summed E-state index contributed by atoms with van der Waals surface area (Å²) in [5.41, 5.74) is 0.861. The van der Waals surface area contributed by atoms with Crippen molar-refractivity contribution in [2.45, 2.75) is 31.5 Å². The molecule has 0 aliphatic heterocycles. The predicted octanol–water partition coefficient (Wildman–Crippen LogP) is 0.448. The Hall–Kier alpha value is -0.340. The summed E-state index contributed by atoms with van der Waals surface area (Å²) < 4.78 is 0. The highest BCUT2D eigenvalue weighted by Crippen LogP contribution is 2.21. The van der Waals surface area contributed by atoms with Gasteiger partial charge in [-0.15, -0.1) is 0 Å². The SMILES string of the molecule is C=C1CC[C@@H](O)C[C@@H]1O. The standard InChI is InChI=1S/C7H12O2/c1-5-2-3-6(8)4-7(5)9/h6-9H,1-4H2/t6-,7+/m1/s1. The summed E-state index contributed by atoms with van der Waals surface area (Å²) in [6.07, 6.45) is 1.22. The van der Waals surface area contributed by atoms with Crippen LogP contribution in [0.25, 0.3) is 0 Å². The summed E-state index contributed by atoms with van der Waals surface area (Å²) in [5.74, 6) is 0. The third kappa shape index (κ3) is 1.53. The molecule has 0 aromatic rings. The molecule has 1 fully saturated rings. The summed E-state index contributed by atoms with van der Waals surface area (Å²) in [4.78, 5) is 0. The molecule has 0 spiro atoms. The summed E-state index contributed by atoms with van der Waals surface area (Å²) in [7, 11) is 0. The van der Waals surface area contributed by atoms with Crippen molar-refractivity contribution in [2.75, 3.05) is 0 Å². The molecule has 1 aliphatic carbocycles. The maximum Gasteiger partial charge on any atom is 0.0772 e. The Morgan fingerprint density at radius 3 is 2.56 bits per heavy atom. The molecule has 1 rings (SSSR count). The maximum atomic E-state index is 9.09. The highest BCUT2D eigenvalue weighted by Gasteiger charge is 2.20. The Labute approximate surface area is 54.8 Å². The van der Waals surface area contributed by atoms with Crippen molar-refractivity contribution in [3.05, 3.63) is 12.2 Å². The fourth-order valence-electron chi connectivity index (χ4n) is 1.06. The second-order valence-electron chi connectivity index (χ2n) is 2.60. The van der Waals surface area contributed by atoms with Crippen molar-refractivity contribution >= 4 is 0 Å². The largest absolute Gasteiger partial charge is 0.393 e. The van der Waals surface area contributed by atoms with Gasteiger partial charge in [0.15, 0.2) is 0 Å². The highest BCUT2D eigenvalue weighted by atomic mass is 16.3. The van der Waals surface area contributed by atoms with Crippen molar-refractivity contribution in [1.82, 2.24) is 0 Å². The zero-order valence-electron chi connectivity index (χ0n) is 5.38. The van der Waals surface area contributed by atoms with Gasteiger partial charge in [-0.1, -0.05) is 6.58 Å². The van der Waals surface area contributed by atoms with Crippen molar-refractivity contribution in [1.29, 1.82) is 0 Å². The number of hydrogen-bond acceptors (Lipinski definition) is 2. The number of aliphatic hydroxyl groups excluding tert-OH is 2. The quantitative estimate of drug-likeness (QED) is 0.465. The van der Waals surface area contributed by atoms with E-state index in [1.165, 1.54) is 0 Å². The second kappa shape index (κ2) is 2.50. The van der Waals surface area contributed by atoms with E-state index >= 15 is 0 Å². The molecule has 1 aliphatic rings. The van der Waals surface area contributed by atoms with Crippen molar-refractivity contribution in [3.8, 4) is 0 Å². The van der Waals surface area contributed by atoms with E-state index in [-0.39, 0.29) is 6.10 Å². The Morgan fingerprint density at radius 1 is 1.44 bits per heavy atom. The van der Waals surface area contributed by atoms with Gasteiger partial charge in [0.1, 0.15) is 0 Å². The van der Waals surface area contributed by atoms with Crippen molar-refractivity contribution < 1.29 is 10.2 Å². The van der Waals surface area contributed by atoms with Crippen LogP contribution in [0.5, 0.6) is 0 Å². The third-order valence-electron chi connectivity index (χ3n) is 1.77. The minimum absolute atomic E-state index is 0.314. The first kappa shape index (κ1) is 6.78. The Kier molecular flexibility index (Phi) is 1.88. The van der Waals surface area contributed by atoms with E-state index in [0.717, 1.165) is 18.4 Å². The molecule has 0 heterocycles. The Morgan fingerprint density at radius 2 is 2.11 bits per heavy atom. The fourth-order valence-corrected chi connectivity index (χ4v) is 1.06. The summed E-state index contributed by atoms with van der Waals surface area (Å²) in [6, 6.07) is 0. The topological polar surface area (TPSA) is 40.5 Å². The fraction of sp³-hybridized carbons (Fsp3) is 0.714. The molecule has 0 aromatic carbocycles. The van der Waals surface area contributed by atoms with E-state index in [4.69, 9.17) is 10.2 Å². The van der Waals surface area contributed by atoms with Crippen LogP contribution in [-0.2, 0) is 0 Å². The van der Waals surface area contributed by atoms with Gasteiger partial charge in [0, 0.05) is 6.42 Å². The first-order valence-corrected chi connectivity index (χ1v) is 3.24. The first-order chi connectivity index (χ1) is 4.20. The second-order valence-corrected chi connectivity index (χ2v) is 2.60.